The highest BCUT2D eigenvalue weighted by molar-refractivity contribution is 9.10. The van der Waals surface area contributed by atoms with Gasteiger partial charge in [0.2, 0.25) is 0 Å². The Morgan fingerprint density at radius 1 is 1.00 bits per heavy atom. The standard InChI is InChI=1S/C15H15BrO2/c16-13-8-4-5-9-15(13)18-11-10-14(17)12-6-2-1-3-7-12/h1-9,14,17H,10-11H2/t14-/m1/s1. The molecule has 0 aromatic heterocycles. The summed E-state index contributed by atoms with van der Waals surface area (Å²) in [6.07, 6.45) is 0.0967. The van der Waals surface area contributed by atoms with Crippen LogP contribution in [-0.2, 0) is 0 Å². The fourth-order valence-electron chi connectivity index (χ4n) is 1.68. The van der Waals surface area contributed by atoms with Crippen LogP contribution in [0.4, 0.5) is 0 Å². The molecule has 0 bridgehead atoms. The zero-order valence-corrected chi connectivity index (χ0v) is 11.5. The molecule has 1 atom stereocenters. The third-order valence-electron chi connectivity index (χ3n) is 2.67. The van der Waals surface area contributed by atoms with E-state index in [1.165, 1.54) is 0 Å². The number of aliphatic hydroxyl groups excluding tert-OH is 1. The fraction of sp³-hybridized carbons (Fsp3) is 0.200. The average molecular weight is 307 g/mol. The Bertz CT molecular complexity index is 485. The predicted molar refractivity (Wildman–Crippen MR) is 75.7 cm³/mol. The van der Waals surface area contributed by atoms with Crippen LogP contribution in [0, 0.1) is 0 Å². The van der Waals surface area contributed by atoms with Crippen LogP contribution in [0.2, 0.25) is 0 Å². The zero-order valence-electron chi connectivity index (χ0n) is 9.92. The summed E-state index contributed by atoms with van der Waals surface area (Å²) in [4.78, 5) is 0. The van der Waals surface area contributed by atoms with Crippen molar-refractivity contribution < 1.29 is 9.84 Å². The molecule has 2 aromatic rings. The lowest BCUT2D eigenvalue weighted by Crippen LogP contribution is -2.05. The summed E-state index contributed by atoms with van der Waals surface area (Å²) in [5, 5.41) is 9.98. The number of halogens is 1. The van der Waals surface area contributed by atoms with Gasteiger partial charge in [-0.2, -0.15) is 0 Å². The van der Waals surface area contributed by atoms with Crippen LogP contribution in [-0.4, -0.2) is 11.7 Å². The van der Waals surface area contributed by atoms with Crippen molar-refractivity contribution in [2.45, 2.75) is 12.5 Å². The smallest absolute Gasteiger partial charge is 0.133 e. The molecular weight excluding hydrogens is 292 g/mol. The Morgan fingerprint density at radius 3 is 2.39 bits per heavy atom. The number of hydrogen-bond donors (Lipinski definition) is 1. The maximum Gasteiger partial charge on any atom is 0.133 e. The average Bonchev–Trinajstić information content (AvgIpc) is 2.42. The van der Waals surface area contributed by atoms with Gasteiger partial charge in [0, 0.05) is 6.42 Å². The second-order valence-electron chi connectivity index (χ2n) is 3.99. The van der Waals surface area contributed by atoms with E-state index in [0.717, 1.165) is 15.8 Å². The van der Waals surface area contributed by atoms with Crippen LogP contribution in [0.5, 0.6) is 5.75 Å². The van der Waals surface area contributed by atoms with Crippen molar-refractivity contribution in [3.05, 3.63) is 64.6 Å². The van der Waals surface area contributed by atoms with E-state index >= 15 is 0 Å². The molecule has 0 aliphatic carbocycles. The molecule has 0 amide bonds. The third kappa shape index (κ3) is 3.59. The Balaban J connectivity index is 1.84. The molecule has 0 heterocycles. The predicted octanol–water partition coefficient (Wildman–Crippen LogP) is 3.95. The Hall–Kier alpha value is -1.32. The number of para-hydroxylation sites is 1. The van der Waals surface area contributed by atoms with Gasteiger partial charge in [-0.15, -0.1) is 0 Å². The number of ether oxygens (including phenoxy) is 1. The van der Waals surface area contributed by atoms with Crippen molar-refractivity contribution in [1.82, 2.24) is 0 Å². The molecule has 94 valence electrons. The van der Waals surface area contributed by atoms with E-state index in [1.807, 2.05) is 54.6 Å². The lowest BCUT2D eigenvalue weighted by atomic mass is 10.1. The molecular formula is C15H15BrO2. The lowest BCUT2D eigenvalue weighted by Gasteiger charge is -2.12. The molecule has 2 rings (SSSR count). The summed E-state index contributed by atoms with van der Waals surface area (Å²) in [6.45, 7) is 0.485. The molecule has 2 nitrogen and oxygen atoms in total. The summed E-state index contributed by atoms with van der Waals surface area (Å²) in [5.74, 6) is 0.803. The summed E-state index contributed by atoms with van der Waals surface area (Å²) in [5.41, 5.74) is 0.924. The molecule has 0 aliphatic rings. The number of benzene rings is 2. The van der Waals surface area contributed by atoms with Crippen molar-refractivity contribution >= 4 is 15.9 Å². The highest BCUT2D eigenvalue weighted by atomic mass is 79.9. The van der Waals surface area contributed by atoms with Gasteiger partial charge in [0.1, 0.15) is 5.75 Å². The zero-order chi connectivity index (χ0) is 12.8. The second-order valence-corrected chi connectivity index (χ2v) is 4.85. The summed E-state index contributed by atoms with van der Waals surface area (Å²) in [7, 11) is 0. The van der Waals surface area contributed by atoms with Crippen LogP contribution in [0.25, 0.3) is 0 Å². The van der Waals surface area contributed by atoms with Crippen LogP contribution in [0.15, 0.2) is 59.1 Å². The van der Waals surface area contributed by atoms with Gasteiger partial charge in [0.15, 0.2) is 0 Å². The molecule has 0 aliphatic heterocycles. The van der Waals surface area contributed by atoms with Gasteiger partial charge in [-0.1, -0.05) is 42.5 Å². The molecule has 0 unspecified atom stereocenters. The van der Waals surface area contributed by atoms with E-state index in [-0.39, 0.29) is 0 Å². The van der Waals surface area contributed by atoms with Gasteiger partial charge in [0.25, 0.3) is 0 Å². The number of aliphatic hydroxyl groups is 1. The summed E-state index contributed by atoms with van der Waals surface area (Å²) >= 11 is 3.42. The van der Waals surface area contributed by atoms with Crippen LogP contribution >= 0.6 is 15.9 Å². The Morgan fingerprint density at radius 2 is 1.67 bits per heavy atom. The van der Waals surface area contributed by atoms with E-state index in [4.69, 9.17) is 4.74 Å². The van der Waals surface area contributed by atoms with Gasteiger partial charge in [0.05, 0.1) is 17.2 Å². The minimum atomic E-state index is -0.478. The molecule has 0 fully saturated rings. The van der Waals surface area contributed by atoms with Crippen LogP contribution in [0.3, 0.4) is 0 Å². The van der Waals surface area contributed by atoms with Crippen LogP contribution < -0.4 is 4.74 Å². The molecule has 0 radical (unpaired) electrons. The third-order valence-corrected chi connectivity index (χ3v) is 3.32. The molecule has 0 saturated carbocycles. The SMILES string of the molecule is O[C@H](CCOc1ccccc1Br)c1ccccc1. The van der Waals surface area contributed by atoms with Gasteiger partial charge in [-0.3, -0.25) is 0 Å². The van der Waals surface area contributed by atoms with Crippen molar-refractivity contribution in [2.75, 3.05) is 6.61 Å². The van der Waals surface area contributed by atoms with Crippen LogP contribution in [0.1, 0.15) is 18.1 Å². The van der Waals surface area contributed by atoms with Gasteiger partial charge in [-0.25, -0.2) is 0 Å². The summed E-state index contributed by atoms with van der Waals surface area (Å²) in [6, 6.07) is 17.3. The van der Waals surface area contributed by atoms with Gasteiger partial charge in [-0.05, 0) is 33.6 Å². The van der Waals surface area contributed by atoms with E-state index in [9.17, 15) is 5.11 Å². The minimum absolute atomic E-state index is 0.478. The molecule has 0 spiro atoms. The maximum absolute atomic E-state index is 9.98. The fourth-order valence-corrected chi connectivity index (χ4v) is 2.08. The van der Waals surface area contributed by atoms with E-state index in [0.29, 0.717) is 13.0 Å². The topological polar surface area (TPSA) is 29.5 Å². The highest BCUT2D eigenvalue weighted by Crippen LogP contribution is 2.24. The highest BCUT2D eigenvalue weighted by Gasteiger charge is 2.07. The monoisotopic (exact) mass is 306 g/mol. The van der Waals surface area contributed by atoms with Gasteiger partial charge < -0.3 is 9.84 Å². The minimum Gasteiger partial charge on any atom is -0.492 e. The van der Waals surface area contributed by atoms with E-state index in [2.05, 4.69) is 15.9 Å². The van der Waals surface area contributed by atoms with Crippen molar-refractivity contribution in [3.63, 3.8) is 0 Å². The number of rotatable bonds is 5. The molecule has 18 heavy (non-hydrogen) atoms. The van der Waals surface area contributed by atoms with Crippen molar-refractivity contribution in [1.29, 1.82) is 0 Å². The van der Waals surface area contributed by atoms with E-state index in [1.54, 1.807) is 0 Å². The first-order valence-corrected chi connectivity index (χ1v) is 6.67. The van der Waals surface area contributed by atoms with E-state index < -0.39 is 6.10 Å². The molecule has 1 N–H and O–H groups in total. The molecule has 3 heteroatoms. The largest absolute Gasteiger partial charge is 0.492 e. The molecule has 2 aromatic carbocycles. The maximum atomic E-state index is 9.98. The Labute approximate surface area is 115 Å². The van der Waals surface area contributed by atoms with Crippen molar-refractivity contribution in [3.8, 4) is 5.75 Å². The lowest BCUT2D eigenvalue weighted by molar-refractivity contribution is 0.140. The first-order valence-electron chi connectivity index (χ1n) is 5.87. The van der Waals surface area contributed by atoms with Gasteiger partial charge >= 0.3 is 0 Å². The number of hydrogen-bond acceptors (Lipinski definition) is 2. The first-order chi connectivity index (χ1) is 8.77. The summed E-state index contributed by atoms with van der Waals surface area (Å²) < 4.78 is 6.55. The molecule has 0 saturated heterocycles. The quantitative estimate of drug-likeness (QED) is 0.906. The first kappa shape index (κ1) is 13.1. The Kier molecular flexibility index (Phi) is 4.79. The normalized spacial score (nSPS) is 12.1. The second kappa shape index (κ2) is 6.57. The van der Waals surface area contributed by atoms with Crippen molar-refractivity contribution in [2.24, 2.45) is 0 Å².